The van der Waals surface area contributed by atoms with Crippen molar-refractivity contribution < 1.29 is 9.18 Å². The normalized spacial score (nSPS) is 14.6. The van der Waals surface area contributed by atoms with Gasteiger partial charge in [0, 0.05) is 12.2 Å². The first-order valence-electron chi connectivity index (χ1n) is 11.4. The number of hydrogen-bond acceptors (Lipinski definition) is 7. The van der Waals surface area contributed by atoms with Crippen molar-refractivity contribution in [3.8, 4) is 0 Å². The van der Waals surface area contributed by atoms with E-state index in [4.69, 9.17) is 0 Å². The number of nitrogens with one attached hydrogen (secondary N) is 2. The summed E-state index contributed by atoms with van der Waals surface area (Å²) in [6.07, 6.45) is 5.06. The number of likely N-dealkylation sites (tertiary alicyclic amines) is 1. The molecule has 1 aliphatic heterocycles. The van der Waals surface area contributed by atoms with Crippen molar-refractivity contribution >= 4 is 40.9 Å². The third-order valence-corrected chi connectivity index (χ3v) is 6.88. The first-order valence-corrected chi connectivity index (χ1v) is 12.2. The molecule has 0 spiro atoms. The smallest absolute Gasteiger partial charge is 0.280 e. The average Bonchev–Trinajstić information content (AvgIpc) is 2.91. The van der Waals surface area contributed by atoms with Gasteiger partial charge in [-0.1, -0.05) is 43.3 Å². The number of halogens is 1. The van der Waals surface area contributed by atoms with Gasteiger partial charge < -0.3 is 15.5 Å². The number of benzene rings is 1. The molecule has 0 unspecified atom stereocenters. The van der Waals surface area contributed by atoms with E-state index in [-0.39, 0.29) is 18.4 Å². The molecule has 2 N–H and O–H groups in total. The van der Waals surface area contributed by atoms with E-state index in [1.807, 2.05) is 0 Å². The van der Waals surface area contributed by atoms with Crippen molar-refractivity contribution in [3.05, 3.63) is 47.1 Å². The number of hydrogen-bond donors (Lipinski definition) is 2. The van der Waals surface area contributed by atoms with Gasteiger partial charge in [-0.2, -0.15) is 0 Å². The fourth-order valence-corrected chi connectivity index (χ4v) is 4.17. The maximum atomic E-state index is 13.9. The van der Waals surface area contributed by atoms with Gasteiger partial charge in [0.05, 0.1) is 11.7 Å². The highest BCUT2D eigenvalue weighted by Gasteiger charge is 2.20. The van der Waals surface area contributed by atoms with E-state index < -0.39 is 0 Å². The molecule has 1 aliphatic rings. The minimum atomic E-state index is -0.280. The SMILES string of the molecule is CB(c1cc(F)ccc1Nc1cnc(C(=O)NCC2CCN(C)CC2)scncn1)C(C)C. The van der Waals surface area contributed by atoms with Gasteiger partial charge >= 0.3 is 0 Å². The van der Waals surface area contributed by atoms with E-state index >= 15 is 0 Å². The Labute approximate surface area is 199 Å². The van der Waals surface area contributed by atoms with Crippen LogP contribution in [0, 0.1) is 11.7 Å². The lowest BCUT2D eigenvalue weighted by atomic mass is 9.39. The van der Waals surface area contributed by atoms with Gasteiger partial charge in [0.1, 0.15) is 12.1 Å². The van der Waals surface area contributed by atoms with Crippen molar-refractivity contribution in [1.29, 1.82) is 0 Å². The number of carbonyl (C=O) groups excluding carboxylic acids is 1. The Bertz CT molecular complexity index is 994. The van der Waals surface area contributed by atoms with Crippen LogP contribution in [0.25, 0.3) is 0 Å². The molecule has 1 saturated heterocycles. The number of aromatic nitrogens is 3. The predicted molar refractivity (Wildman–Crippen MR) is 134 cm³/mol. The molecular weight excluding hydrogens is 438 g/mol. The Hall–Kier alpha value is -2.59. The van der Waals surface area contributed by atoms with Gasteiger partial charge in [0.15, 0.2) is 17.5 Å². The molecule has 2 heterocycles. The Kier molecular flexibility index (Phi) is 9.14. The molecular formula is C23H32BFN6OS. The second kappa shape index (κ2) is 12.0. The van der Waals surface area contributed by atoms with Crippen molar-refractivity contribution in [2.24, 2.45) is 5.92 Å². The van der Waals surface area contributed by atoms with Gasteiger partial charge in [-0.25, -0.2) is 19.3 Å². The molecule has 10 heteroatoms. The van der Waals surface area contributed by atoms with Crippen LogP contribution < -0.4 is 16.1 Å². The van der Waals surface area contributed by atoms with Crippen LogP contribution in [0.1, 0.15) is 36.5 Å². The molecule has 2 aromatic rings. The summed E-state index contributed by atoms with van der Waals surface area (Å²) in [4.78, 5) is 27.8. The number of carbonyl (C=O) groups is 1. The van der Waals surface area contributed by atoms with Crippen LogP contribution in [-0.4, -0.2) is 59.2 Å². The molecule has 7 nitrogen and oxygen atoms in total. The summed E-state index contributed by atoms with van der Waals surface area (Å²) in [5, 5.41) is 6.53. The monoisotopic (exact) mass is 470 g/mol. The van der Waals surface area contributed by atoms with Crippen LogP contribution in [0.4, 0.5) is 15.9 Å². The lowest BCUT2D eigenvalue weighted by molar-refractivity contribution is 0.0938. The van der Waals surface area contributed by atoms with Crippen LogP contribution in [0.5, 0.6) is 0 Å². The highest BCUT2D eigenvalue weighted by molar-refractivity contribution is 7.11. The second-order valence-electron chi connectivity index (χ2n) is 8.91. The maximum Gasteiger partial charge on any atom is 0.280 e. The standard InChI is InChI=1S/C23H32BFN6OS/c1-16(2)24(3)19-11-18(25)5-6-20(19)30-21-13-28-23(33-15-26-14-29-21)22(32)27-12-17-7-9-31(4)10-8-17/h5-6,11,13-17,30H,7-10,12H2,1-4H3,(H,27,32). The van der Waals surface area contributed by atoms with Crippen molar-refractivity contribution in [2.45, 2.75) is 39.3 Å². The van der Waals surface area contributed by atoms with Crippen molar-refractivity contribution in [2.75, 3.05) is 32.0 Å². The van der Waals surface area contributed by atoms with Gasteiger partial charge in [-0.05, 0) is 57.1 Å². The summed E-state index contributed by atoms with van der Waals surface area (Å²) in [7, 11) is 2.12. The fraction of sp³-hybridized carbons (Fsp3) is 0.478. The molecule has 176 valence electrons. The Morgan fingerprint density at radius 1 is 1.30 bits per heavy atom. The van der Waals surface area contributed by atoms with E-state index in [0.29, 0.717) is 29.1 Å². The largest absolute Gasteiger partial charge is 0.350 e. The summed E-state index contributed by atoms with van der Waals surface area (Å²) >= 11 is 1.15. The number of rotatable bonds is 7. The lowest BCUT2D eigenvalue weighted by Gasteiger charge is -2.28. The average molecular weight is 470 g/mol. The molecule has 0 bridgehead atoms. The Morgan fingerprint density at radius 2 is 2.06 bits per heavy atom. The lowest BCUT2D eigenvalue weighted by Crippen LogP contribution is -2.36. The van der Waals surface area contributed by atoms with E-state index in [0.717, 1.165) is 48.4 Å². The molecule has 1 fully saturated rings. The molecule has 1 aromatic heterocycles. The van der Waals surface area contributed by atoms with Crippen LogP contribution in [-0.2, 0) is 0 Å². The highest BCUT2D eigenvalue weighted by atomic mass is 32.1. The third kappa shape index (κ3) is 7.47. The topological polar surface area (TPSA) is 83.0 Å². The van der Waals surface area contributed by atoms with Gasteiger partial charge in [-0.3, -0.25) is 4.79 Å². The molecule has 0 saturated carbocycles. The summed E-state index contributed by atoms with van der Waals surface area (Å²) in [5.74, 6) is 0.733. The van der Waals surface area contributed by atoms with Gasteiger partial charge in [0.2, 0.25) is 0 Å². The van der Waals surface area contributed by atoms with Crippen LogP contribution >= 0.6 is 11.3 Å². The number of piperidine rings is 1. The zero-order valence-corrected chi connectivity index (χ0v) is 20.5. The number of anilines is 2. The molecule has 1 aromatic carbocycles. The Morgan fingerprint density at radius 3 is 2.79 bits per heavy atom. The molecule has 33 heavy (non-hydrogen) atoms. The van der Waals surface area contributed by atoms with E-state index in [9.17, 15) is 9.18 Å². The van der Waals surface area contributed by atoms with Crippen molar-refractivity contribution in [3.63, 3.8) is 0 Å². The predicted octanol–water partition coefficient (Wildman–Crippen LogP) is 3.75. The maximum absolute atomic E-state index is 13.9. The summed E-state index contributed by atoms with van der Waals surface area (Å²) < 4.78 is 13.9. The minimum absolute atomic E-state index is 0.141. The van der Waals surface area contributed by atoms with Crippen LogP contribution in [0.2, 0.25) is 12.6 Å². The van der Waals surface area contributed by atoms with E-state index in [1.54, 1.807) is 17.6 Å². The van der Waals surface area contributed by atoms with E-state index in [1.165, 1.54) is 18.6 Å². The fourth-order valence-electron chi connectivity index (χ4n) is 3.66. The van der Waals surface area contributed by atoms with E-state index in [2.05, 4.69) is 58.2 Å². The Balaban J connectivity index is 1.77. The second-order valence-corrected chi connectivity index (χ2v) is 9.74. The summed E-state index contributed by atoms with van der Waals surface area (Å²) in [5.41, 5.74) is 3.15. The minimum Gasteiger partial charge on any atom is -0.350 e. The van der Waals surface area contributed by atoms with Gasteiger partial charge in [0.25, 0.3) is 5.91 Å². The zero-order valence-electron chi connectivity index (χ0n) is 19.7. The molecule has 0 atom stereocenters. The third-order valence-electron chi connectivity index (χ3n) is 6.14. The number of amides is 1. The van der Waals surface area contributed by atoms with Crippen molar-refractivity contribution in [1.82, 2.24) is 25.2 Å². The van der Waals surface area contributed by atoms with Crippen LogP contribution in [0.3, 0.4) is 0 Å². The molecule has 1 amide bonds. The highest BCUT2D eigenvalue weighted by Crippen LogP contribution is 2.18. The quantitative estimate of drug-likeness (QED) is 0.600. The first-order chi connectivity index (χ1) is 15.8. The summed E-state index contributed by atoms with van der Waals surface area (Å²) in [6, 6.07) is 4.66. The van der Waals surface area contributed by atoms with Gasteiger partial charge in [-0.15, -0.1) is 0 Å². The molecule has 0 aliphatic carbocycles. The molecule has 0 radical (unpaired) electrons. The van der Waals surface area contributed by atoms with Crippen LogP contribution in [0.15, 0.2) is 36.2 Å². The molecule has 3 rings (SSSR count). The first kappa shape index (κ1) is 25.0. The summed E-state index contributed by atoms with van der Waals surface area (Å²) in [6.45, 7) is 9.16. The number of nitrogens with zero attached hydrogens (tertiary/aromatic N) is 4. The zero-order chi connectivity index (χ0) is 23.8.